The van der Waals surface area contributed by atoms with Gasteiger partial charge in [-0.15, -0.1) is 22.7 Å². The minimum Gasteiger partial charge on any atom is -0.194 e. The molecule has 4 rings (SSSR count). The van der Waals surface area contributed by atoms with Crippen molar-refractivity contribution in [2.24, 2.45) is 0 Å². The maximum atomic E-state index is 15.3. The summed E-state index contributed by atoms with van der Waals surface area (Å²) in [4.78, 5) is 1.60. The van der Waals surface area contributed by atoms with Crippen molar-refractivity contribution >= 4 is 39.4 Å². The maximum absolute atomic E-state index is 15.3. The SMILES string of the molecule is CC=CC(=CC)c1cc(C2=C(c3cc(-c4ccccc4)sc3C)C(F)(F)C(F)(F)C2(F)F)c(C)s1. The Morgan fingerprint density at radius 2 is 1.31 bits per heavy atom. The van der Waals surface area contributed by atoms with Crippen LogP contribution in [0.2, 0.25) is 0 Å². The first-order chi connectivity index (χ1) is 16.4. The Balaban J connectivity index is 2.03. The Kier molecular flexibility index (Phi) is 6.43. The van der Waals surface area contributed by atoms with Crippen LogP contribution >= 0.6 is 22.7 Å². The fraction of sp³-hybridized carbons (Fsp3) is 0.259. The van der Waals surface area contributed by atoms with E-state index in [1.807, 2.05) is 0 Å². The number of rotatable bonds is 5. The van der Waals surface area contributed by atoms with E-state index in [0.717, 1.165) is 22.7 Å². The smallest absolute Gasteiger partial charge is 0.194 e. The molecule has 1 aromatic carbocycles. The highest BCUT2D eigenvalue weighted by molar-refractivity contribution is 7.15. The molecule has 8 heteroatoms. The molecule has 3 aromatic rings. The van der Waals surface area contributed by atoms with Gasteiger partial charge in [-0.25, -0.2) is 0 Å². The second kappa shape index (κ2) is 8.82. The molecule has 0 nitrogen and oxygen atoms in total. The lowest BCUT2D eigenvalue weighted by atomic mass is 9.94. The monoisotopic (exact) mass is 524 g/mol. The van der Waals surface area contributed by atoms with E-state index in [0.29, 0.717) is 20.9 Å². The van der Waals surface area contributed by atoms with E-state index < -0.39 is 28.9 Å². The van der Waals surface area contributed by atoms with Gasteiger partial charge in [0, 0.05) is 30.7 Å². The minimum absolute atomic E-state index is 0.265. The van der Waals surface area contributed by atoms with Crippen LogP contribution in [0.25, 0.3) is 27.2 Å². The van der Waals surface area contributed by atoms with Crippen LogP contribution in [0.1, 0.15) is 39.6 Å². The van der Waals surface area contributed by atoms with Crippen LogP contribution < -0.4 is 0 Å². The highest BCUT2D eigenvalue weighted by Gasteiger charge is 2.80. The zero-order chi connectivity index (χ0) is 25.8. The van der Waals surface area contributed by atoms with Crippen LogP contribution in [-0.4, -0.2) is 17.8 Å². The van der Waals surface area contributed by atoms with Crippen LogP contribution in [0, 0.1) is 13.8 Å². The summed E-state index contributed by atoms with van der Waals surface area (Å²) in [5.41, 5.74) is -1.79. The van der Waals surface area contributed by atoms with Crippen LogP contribution in [0.15, 0.2) is 60.7 Å². The Morgan fingerprint density at radius 3 is 1.86 bits per heavy atom. The van der Waals surface area contributed by atoms with Gasteiger partial charge in [0.05, 0.1) is 0 Å². The first kappa shape index (κ1) is 25.5. The summed E-state index contributed by atoms with van der Waals surface area (Å²) in [5, 5.41) is 0. The molecule has 0 amide bonds. The predicted molar refractivity (Wildman–Crippen MR) is 134 cm³/mol. The van der Waals surface area contributed by atoms with Crippen molar-refractivity contribution in [3.63, 3.8) is 0 Å². The van der Waals surface area contributed by atoms with E-state index in [9.17, 15) is 8.78 Å². The molecule has 0 radical (unpaired) electrons. The largest absolute Gasteiger partial charge is 0.380 e. The zero-order valence-electron chi connectivity index (χ0n) is 19.4. The summed E-state index contributed by atoms with van der Waals surface area (Å²) in [5.74, 6) is -15.7. The number of benzene rings is 1. The fourth-order valence-corrected chi connectivity index (χ4v) is 6.39. The molecule has 0 unspecified atom stereocenters. The number of hydrogen-bond acceptors (Lipinski definition) is 2. The van der Waals surface area contributed by atoms with Crippen molar-refractivity contribution in [3.8, 4) is 10.4 Å². The van der Waals surface area contributed by atoms with Crippen molar-refractivity contribution in [3.05, 3.63) is 86.5 Å². The molecule has 0 saturated heterocycles. The number of allylic oxidation sites excluding steroid dienone is 6. The van der Waals surface area contributed by atoms with E-state index in [2.05, 4.69) is 0 Å². The van der Waals surface area contributed by atoms with Crippen LogP contribution in [0.5, 0.6) is 0 Å². The van der Waals surface area contributed by atoms with Crippen LogP contribution in [0.3, 0.4) is 0 Å². The van der Waals surface area contributed by atoms with Gasteiger partial charge in [0.1, 0.15) is 0 Å². The van der Waals surface area contributed by atoms with E-state index in [1.165, 1.54) is 26.0 Å². The van der Waals surface area contributed by atoms with E-state index >= 15 is 17.6 Å². The number of halogens is 6. The van der Waals surface area contributed by atoms with Crippen molar-refractivity contribution in [1.29, 1.82) is 0 Å². The standard InChI is InChI=1S/C27H22F6S2/c1-5-10-17(6-2)21-13-19(15(3)34-21)23-24(26(30,31)27(32,33)25(23,28)29)20-14-22(35-16(20)4)18-11-8-7-9-12-18/h5-14H,1-4H3. The summed E-state index contributed by atoms with van der Waals surface area (Å²) >= 11 is 2.21. The Hall–Kier alpha value is -2.58. The second-order valence-electron chi connectivity index (χ2n) is 8.24. The van der Waals surface area contributed by atoms with Gasteiger partial charge in [0.25, 0.3) is 0 Å². The molecule has 2 heterocycles. The molecule has 1 aliphatic carbocycles. The molecule has 2 aromatic heterocycles. The van der Waals surface area contributed by atoms with E-state index in [4.69, 9.17) is 0 Å². The molecule has 1 aliphatic rings. The van der Waals surface area contributed by atoms with Gasteiger partial charge in [-0.2, -0.15) is 26.3 Å². The molecule has 0 aliphatic heterocycles. The van der Waals surface area contributed by atoms with Gasteiger partial charge in [0.2, 0.25) is 0 Å². The Bertz CT molecular complexity index is 1350. The second-order valence-corrected chi connectivity index (χ2v) is 10.8. The third-order valence-corrected chi connectivity index (χ3v) is 8.24. The van der Waals surface area contributed by atoms with Gasteiger partial charge < -0.3 is 0 Å². The van der Waals surface area contributed by atoms with Gasteiger partial charge in [-0.3, -0.25) is 0 Å². The van der Waals surface area contributed by atoms with E-state index in [1.54, 1.807) is 62.4 Å². The van der Waals surface area contributed by atoms with Gasteiger partial charge >= 0.3 is 17.8 Å². The topological polar surface area (TPSA) is 0 Å². The molecule has 0 atom stereocenters. The molecule has 35 heavy (non-hydrogen) atoms. The summed E-state index contributed by atoms with van der Waals surface area (Å²) < 4.78 is 90.6. The maximum Gasteiger partial charge on any atom is 0.380 e. The van der Waals surface area contributed by atoms with Gasteiger partial charge in [-0.05, 0) is 62.1 Å². The molecule has 0 bridgehead atoms. The molecule has 0 fully saturated rings. The third-order valence-electron chi connectivity index (χ3n) is 6.04. The number of hydrogen-bond donors (Lipinski definition) is 0. The molecule has 0 spiro atoms. The van der Waals surface area contributed by atoms with Crippen LogP contribution in [-0.2, 0) is 0 Å². The summed E-state index contributed by atoms with van der Waals surface area (Å²) in [6.45, 7) is 6.50. The van der Waals surface area contributed by atoms with Crippen molar-refractivity contribution in [2.45, 2.75) is 45.5 Å². The van der Waals surface area contributed by atoms with Crippen LogP contribution in [0.4, 0.5) is 26.3 Å². The lowest BCUT2D eigenvalue weighted by Gasteiger charge is -2.25. The molecule has 0 saturated carbocycles. The molecule has 0 N–H and O–H groups in total. The zero-order valence-corrected chi connectivity index (χ0v) is 21.0. The lowest BCUT2D eigenvalue weighted by molar-refractivity contribution is -0.254. The molecular weight excluding hydrogens is 502 g/mol. The highest BCUT2D eigenvalue weighted by atomic mass is 32.1. The first-order valence-electron chi connectivity index (χ1n) is 10.8. The third kappa shape index (κ3) is 3.82. The van der Waals surface area contributed by atoms with Crippen molar-refractivity contribution in [2.75, 3.05) is 0 Å². The normalized spacial score (nSPS) is 19.2. The lowest BCUT2D eigenvalue weighted by Crippen LogP contribution is -2.48. The summed E-state index contributed by atoms with van der Waals surface area (Å²) in [6, 6.07) is 11.4. The van der Waals surface area contributed by atoms with E-state index in [-0.39, 0.29) is 20.9 Å². The fourth-order valence-electron chi connectivity index (χ4n) is 4.28. The Morgan fingerprint density at radius 1 is 0.771 bits per heavy atom. The summed E-state index contributed by atoms with van der Waals surface area (Å²) in [6.07, 6.45) is 5.24. The predicted octanol–water partition coefficient (Wildman–Crippen LogP) is 9.90. The number of aryl methyl sites for hydroxylation is 2. The van der Waals surface area contributed by atoms with Gasteiger partial charge in [-0.1, -0.05) is 48.6 Å². The molecule has 184 valence electrons. The van der Waals surface area contributed by atoms with Crippen molar-refractivity contribution < 1.29 is 26.3 Å². The summed E-state index contributed by atoms with van der Waals surface area (Å²) in [7, 11) is 0. The van der Waals surface area contributed by atoms with Gasteiger partial charge in [0.15, 0.2) is 0 Å². The average Bonchev–Trinajstić information content (AvgIpc) is 3.40. The number of alkyl halides is 6. The quantitative estimate of drug-likeness (QED) is 0.230. The number of thiophene rings is 2. The van der Waals surface area contributed by atoms with Crippen molar-refractivity contribution in [1.82, 2.24) is 0 Å². The first-order valence-corrected chi connectivity index (χ1v) is 12.5. The molecular formula is C27H22F6S2. The minimum atomic E-state index is -5.58. The highest BCUT2D eigenvalue weighted by Crippen LogP contribution is 2.66. The Labute approximate surface area is 207 Å². The average molecular weight is 525 g/mol.